The largest absolute Gasteiger partial charge is 0.505 e. The van der Waals surface area contributed by atoms with Crippen LogP contribution in [0, 0.1) is 0 Å². The zero-order valence-electron chi connectivity index (χ0n) is 40.4. The van der Waals surface area contributed by atoms with E-state index < -0.39 is 127 Å². The second kappa shape index (κ2) is 26.0. The zero-order chi connectivity index (χ0) is 60.8. The van der Waals surface area contributed by atoms with Crippen molar-refractivity contribution in [2.75, 3.05) is 36.2 Å². The van der Waals surface area contributed by atoms with Gasteiger partial charge in [0.15, 0.2) is 15.6 Å². The van der Waals surface area contributed by atoms with E-state index in [0.717, 1.165) is 37.4 Å². The van der Waals surface area contributed by atoms with Crippen LogP contribution in [0.1, 0.15) is 6.92 Å². The average molecular weight is 1320 g/mol. The number of ether oxygens (including phenoxy) is 1. The lowest BCUT2D eigenvalue weighted by Crippen LogP contribution is -2.21. The summed E-state index contributed by atoms with van der Waals surface area (Å²) in [4.78, 5) is 9.92. The minimum Gasteiger partial charge on any atom is -0.505 e. The quantitative estimate of drug-likeness (QED) is 0.00634. The molecule has 0 radical (unpaired) electrons. The first kappa shape index (κ1) is 64.7. The summed E-state index contributed by atoms with van der Waals surface area (Å²) in [7, 11) is -29.0. The van der Waals surface area contributed by atoms with Gasteiger partial charge >= 0.3 is 20.8 Å². The maximum Gasteiger partial charge on any atom is 0.447 e. The molecule has 6 rings (SSSR count). The fourth-order valence-electron chi connectivity index (χ4n) is 6.64. The monoisotopic (exact) mass is 1320 g/mol. The minimum atomic E-state index is -5.42. The fraction of sp³-hybridized carbons (Fsp3) is 0.132. The van der Waals surface area contributed by atoms with Gasteiger partial charge in [-0.3, -0.25) is 18.2 Å². The molecule has 0 bridgehead atoms. The Morgan fingerprint density at radius 1 is 0.720 bits per heavy atom. The molecule has 1 heterocycles. The van der Waals surface area contributed by atoms with E-state index in [2.05, 4.69) is 74.4 Å². The molecule has 0 aliphatic carbocycles. The highest BCUT2D eigenvalue weighted by molar-refractivity contribution is 7.96. The number of azo groups is 2. The highest BCUT2D eigenvalue weighted by Gasteiger charge is 2.29. The molecule has 0 unspecified atom stereocenters. The second-order valence-electron chi connectivity index (χ2n) is 15.1. The maximum atomic E-state index is 13.1. The number of methoxy groups -OCH3 is 1. The first-order valence-corrected chi connectivity index (χ1v) is 31.6. The molecular formula is C38H34ClN9O26S8. The van der Waals surface area contributed by atoms with Crippen molar-refractivity contribution in [1.82, 2.24) is 15.0 Å². The van der Waals surface area contributed by atoms with Crippen molar-refractivity contribution in [3.63, 3.8) is 0 Å². The number of phenols is 1. The number of aromatic nitrogens is 3. The molecule has 0 fully saturated rings. The van der Waals surface area contributed by atoms with Crippen LogP contribution >= 0.6 is 35.7 Å². The van der Waals surface area contributed by atoms with E-state index in [1.54, 1.807) is 6.92 Å². The summed E-state index contributed by atoms with van der Waals surface area (Å²) in [6, 6.07) is 11.7. The molecule has 442 valence electrons. The van der Waals surface area contributed by atoms with Gasteiger partial charge in [0.1, 0.15) is 33.4 Å². The lowest BCUT2D eigenvalue weighted by molar-refractivity contribution is -0.432. The third-order valence-electron chi connectivity index (χ3n) is 10.0. The molecule has 82 heavy (non-hydrogen) atoms. The van der Waals surface area contributed by atoms with Gasteiger partial charge in [-0.05, 0) is 91.2 Å². The van der Waals surface area contributed by atoms with Crippen LogP contribution < -0.4 is 15.0 Å². The molecule has 0 amide bonds. The Morgan fingerprint density at radius 2 is 1.38 bits per heavy atom. The number of phenolic OH excluding ortho intramolecular Hbond substituents is 1. The van der Waals surface area contributed by atoms with E-state index in [4.69, 9.17) is 36.0 Å². The molecule has 44 heteroatoms. The number of nitrogens with zero attached hydrogens (tertiary/aromatic N) is 8. The van der Waals surface area contributed by atoms with Crippen molar-refractivity contribution in [3.8, 4) is 11.5 Å². The Balaban J connectivity index is 1.45. The third-order valence-corrected chi connectivity index (χ3v) is 17.4. The molecule has 1 aromatic heterocycles. The van der Waals surface area contributed by atoms with Crippen LogP contribution in [0.4, 0.5) is 46.0 Å². The summed E-state index contributed by atoms with van der Waals surface area (Å²) in [6.45, 7) is 3.58. The summed E-state index contributed by atoms with van der Waals surface area (Å²) in [5.74, 6) is -2.74. The van der Waals surface area contributed by atoms with Crippen LogP contribution in [0.15, 0.2) is 134 Å². The normalized spacial score (nSPS) is 12.8. The number of sulfone groups is 2. The highest BCUT2D eigenvalue weighted by atomic mass is 35.5. The van der Waals surface area contributed by atoms with E-state index in [0.29, 0.717) is 18.2 Å². The van der Waals surface area contributed by atoms with Gasteiger partial charge < -0.3 is 24.2 Å². The number of anilines is 4. The van der Waals surface area contributed by atoms with Crippen molar-refractivity contribution in [3.05, 3.63) is 89.8 Å². The standard InChI is InChI=1S/C38H34ClN9O26S8/c1-4-48(21-6-5-7-22(14-21)77(52,53)11-10-69-81(62,63)64)38-42-36(39)41-37(43-38)40-28-15-24(79(56,57)58)12-20-13-31(76-74-72-51)34(35(49)33(20)28)47-45-26-18-30(75-73-71-50)27(17-29(26)68-3)46-44-25-9-8-23(16-32(25)80(59,60)61)78(54,55)19(2)70-82(65,66)67/h5-9,12-18,49-51H,2,4,10-11H2,1,3H3,(H,56,57,58)(H,59,60,61)(H,62,63,64)(H,65,66,67)(H,40,41,42,43). The summed E-state index contributed by atoms with van der Waals surface area (Å²) in [6.07, 6.45) is 0. The smallest absolute Gasteiger partial charge is 0.447 e. The first-order valence-electron chi connectivity index (χ1n) is 21.0. The predicted molar refractivity (Wildman–Crippen MR) is 280 cm³/mol. The Hall–Kier alpha value is -6.44. The Morgan fingerprint density at radius 3 is 1.99 bits per heavy atom. The molecule has 0 spiro atoms. The van der Waals surface area contributed by atoms with Crippen LogP contribution in [0.2, 0.25) is 5.28 Å². The summed E-state index contributed by atoms with van der Waals surface area (Å²) < 4.78 is 207. The highest BCUT2D eigenvalue weighted by Crippen LogP contribution is 2.49. The van der Waals surface area contributed by atoms with Crippen LogP contribution in [0.5, 0.6) is 11.5 Å². The molecular weight excluding hydrogens is 1290 g/mol. The average Bonchev–Trinajstić information content (AvgIpc) is 3.41. The molecule has 35 nitrogen and oxygen atoms in total. The molecule has 0 aliphatic heterocycles. The Labute approximate surface area is 475 Å². The number of rotatable bonds is 27. The van der Waals surface area contributed by atoms with Gasteiger partial charge in [-0.25, -0.2) is 31.5 Å². The van der Waals surface area contributed by atoms with Gasteiger partial charge in [-0.2, -0.15) is 48.6 Å². The van der Waals surface area contributed by atoms with E-state index in [9.17, 15) is 64.7 Å². The number of aromatic hydroxyl groups is 1. The molecule has 0 saturated carbocycles. The summed E-state index contributed by atoms with van der Waals surface area (Å²) in [5.41, 5.74) is -2.23. The summed E-state index contributed by atoms with van der Waals surface area (Å²) in [5, 5.41) is 53.5. The van der Waals surface area contributed by atoms with Crippen molar-refractivity contribution < 1.29 is 116 Å². The number of hydrogen-bond donors (Lipinski definition) is 8. The van der Waals surface area contributed by atoms with Gasteiger partial charge in [0, 0.05) is 23.7 Å². The van der Waals surface area contributed by atoms with Crippen molar-refractivity contribution in [1.29, 1.82) is 0 Å². The lowest BCUT2D eigenvalue weighted by atomic mass is 10.1. The van der Waals surface area contributed by atoms with Crippen molar-refractivity contribution in [2.24, 2.45) is 20.5 Å². The van der Waals surface area contributed by atoms with Crippen LogP contribution in [0.25, 0.3) is 10.8 Å². The van der Waals surface area contributed by atoms with Gasteiger partial charge in [-0.1, -0.05) is 16.1 Å². The minimum absolute atomic E-state index is 0.00914. The van der Waals surface area contributed by atoms with Crippen LogP contribution in [-0.2, 0) is 87.8 Å². The van der Waals surface area contributed by atoms with E-state index in [1.807, 2.05) is 0 Å². The fourth-order valence-corrected chi connectivity index (χ4v) is 12.2. The number of benzene rings is 5. The molecule has 8 N–H and O–H groups in total. The Bertz CT molecular complexity index is 4260. The molecule has 6 aromatic rings. The van der Waals surface area contributed by atoms with Gasteiger partial charge in [-0.15, -0.1) is 29.1 Å². The van der Waals surface area contributed by atoms with Gasteiger partial charge in [0.2, 0.25) is 32.1 Å². The topological polar surface area (TPSA) is 514 Å². The number of halogens is 1. The van der Waals surface area contributed by atoms with E-state index >= 15 is 0 Å². The lowest BCUT2D eigenvalue weighted by Gasteiger charge is -2.22. The van der Waals surface area contributed by atoms with Gasteiger partial charge in [0.25, 0.3) is 20.2 Å². The van der Waals surface area contributed by atoms with Crippen molar-refractivity contribution >= 4 is 153 Å². The number of hydrogen-bond acceptors (Lipinski definition) is 33. The predicted octanol–water partition coefficient (Wildman–Crippen LogP) is 7.13. The zero-order valence-corrected chi connectivity index (χ0v) is 47.7. The van der Waals surface area contributed by atoms with E-state index in [1.165, 1.54) is 29.2 Å². The number of nitrogens with one attached hydrogen (secondary N) is 1. The molecule has 0 atom stereocenters. The second-order valence-corrected chi connectivity index (χ2v) is 25.9. The maximum absolute atomic E-state index is 13.1. The van der Waals surface area contributed by atoms with Gasteiger partial charge in [0.05, 0.1) is 73.7 Å². The summed E-state index contributed by atoms with van der Waals surface area (Å²) >= 11 is 6.70. The molecule has 0 aliphatic rings. The van der Waals surface area contributed by atoms with Crippen LogP contribution in [0.3, 0.4) is 0 Å². The van der Waals surface area contributed by atoms with Crippen LogP contribution in [-0.4, -0.2) is 125 Å². The number of fused-ring (bicyclic) bond motifs is 1. The van der Waals surface area contributed by atoms with E-state index in [-0.39, 0.29) is 84.8 Å². The molecule has 0 saturated heterocycles. The molecule has 5 aromatic carbocycles. The Kier molecular flexibility index (Phi) is 20.5. The van der Waals surface area contributed by atoms with Crippen molar-refractivity contribution in [2.45, 2.75) is 36.3 Å². The first-order chi connectivity index (χ1) is 38.2. The third kappa shape index (κ3) is 16.4. The SMILES string of the molecule is C=C(OS(=O)(=O)O)S(=O)(=O)c1ccc(N=Nc2cc(OC)c(N=Nc3c(SOOO)cc4cc(S(=O)(=O)O)cc(Nc5nc(Cl)nc(N(CC)c6cccc(S(=O)(=O)CCOS(=O)(=O)O)c6)n5)c4c3O)cc2SOOO)c(S(=O)(=O)O)c1.